The number of rotatable bonds is 3. The summed E-state index contributed by atoms with van der Waals surface area (Å²) in [5, 5.41) is 0. The summed E-state index contributed by atoms with van der Waals surface area (Å²) in [5.74, 6) is 0.0435. The van der Waals surface area contributed by atoms with Crippen molar-refractivity contribution in [3.63, 3.8) is 0 Å². The molecule has 1 aliphatic rings. The Morgan fingerprint density at radius 1 is 1.39 bits per heavy atom. The lowest BCUT2D eigenvalue weighted by Crippen LogP contribution is -2.50. The number of carbonyl (C=O) groups excluding carboxylic acids is 1. The van der Waals surface area contributed by atoms with Crippen LogP contribution in [0.5, 0.6) is 0 Å². The van der Waals surface area contributed by atoms with Crippen molar-refractivity contribution in [3.8, 4) is 0 Å². The minimum absolute atomic E-state index is 0.0435. The van der Waals surface area contributed by atoms with E-state index in [9.17, 15) is 9.59 Å². The van der Waals surface area contributed by atoms with E-state index in [4.69, 9.17) is 4.74 Å². The molecule has 1 aromatic carbocycles. The van der Waals surface area contributed by atoms with Crippen LogP contribution in [-0.2, 0) is 16.0 Å². The molecular formula is C17H21N3O3. The van der Waals surface area contributed by atoms with Crippen LogP contribution in [0.4, 0.5) is 0 Å². The highest BCUT2D eigenvalue weighted by molar-refractivity contribution is 5.77. The highest BCUT2D eigenvalue weighted by atomic mass is 16.5. The topological polar surface area (TPSA) is 75.3 Å². The molecule has 122 valence electrons. The zero-order valence-corrected chi connectivity index (χ0v) is 13.4. The summed E-state index contributed by atoms with van der Waals surface area (Å²) in [6.45, 7) is 5.09. The van der Waals surface area contributed by atoms with Crippen molar-refractivity contribution < 1.29 is 9.53 Å². The van der Waals surface area contributed by atoms with Crippen molar-refractivity contribution in [1.82, 2.24) is 14.9 Å². The molecule has 1 aromatic heterocycles. The number of hydrogen-bond acceptors (Lipinski definition) is 4. The first kappa shape index (κ1) is 15.7. The van der Waals surface area contributed by atoms with Crippen LogP contribution in [0.3, 0.4) is 0 Å². The summed E-state index contributed by atoms with van der Waals surface area (Å²) < 4.78 is 5.54. The second-order valence-electron chi connectivity index (χ2n) is 6.07. The predicted octanol–water partition coefficient (Wildman–Crippen LogP) is 1.49. The molecule has 23 heavy (non-hydrogen) atoms. The van der Waals surface area contributed by atoms with Crippen LogP contribution in [0.25, 0.3) is 11.0 Å². The Morgan fingerprint density at radius 3 is 3.00 bits per heavy atom. The molecule has 2 atom stereocenters. The highest BCUT2D eigenvalue weighted by Gasteiger charge is 2.27. The van der Waals surface area contributed by atoms with Crippen molar-refractivity contribution in [3.05, 3.63) is 40.3 Å². The fourth-order valence-corrected chi connectivity index (χ4v) is 2.86. The van der Waals surface area contributed by atoms with Gasteiger partial charge in [-0.15, -0.1) is 0 Å². The lowest BCUT2D eigenvalue weighted by Gasteiger charge is -2.36. The number of aryl methyl sites for hydroxylation is 1. The van der Waals surface area contributed by atoms with Gasteiger partial charge in [-0.25, -0.2) is 4.98 Å². The standard InChI is InChI=1S/C17H21N3O3/c1-11-10-23-12(2)9-20(11)16(21)8-7-15-17(22)19-14-6-4-3-5-13(14)18-15/h3-6,11-12H,7-10H2,1-2H3,(H,19,22). The lowest BCUT2D eigenvalue weighted by molar-refractivity contribution is -0.143. The molecule has 1 aliphatic heterocycles. The van der Waals surface area contributed by atoms with Gasteiger partial charge in [0, 0.05) is 19.4 Å². The van der Waals surface area contributed by atoms with Crippen LogP contribution >= 0.6 is 0 Å². The Bertz CT molecular complexity index is 771. The number of aromatic nitrogens is 2. The number of amides is 1. The van der Waals surface area contributed by atoms with E-state index in [2.05, 4.69) is 9.97 Å². The molecule has 1 fully saturated rings. The van der Waals surface area contributed by atoms with Gasteiger partial charge >= 0.3 is 0 Å². The predicted molar refractivity (Wildman–Crippen MR) is 87.3 cm³/mol. The van der Waals surface area contributed by atoms with Gasteiger partial charge in [-0.3, -0.25) is 9.59 Å². The maximum absolute atomic E-state index is 12.4. The Labute approximate surface area is 134 Å². The van der Waals surface area contributed by atoms with Crippen LogP contribution in [0.15, 0.2) is 29.1 Å². The second-order valence-corrected chi connectivity index (χ2v) is 6.07. The number of fused-ring (bicyclic) bond motifs is 1. The van der Waals surface area contributed by atoms with Crippen molar-refractivity contribution in [1.29, 1.82) is 0 Å². The molecular weight excluding hydrogens is 294 g/mol. The van der Waals surface area contributed by atoms with Gasteiger partial charge in [-0.1, -0.05) is 12.1 Å². The van der Waals surface area contributed by atoms with Crippen molar-refractivity contribution in [2.24, 2.45) is 0 Å². The minimum Gasteiger partial charge on any atom is -0.375 e. The van der Waals surface area contributed by atoms with Gasteiger partial charge in [0.05, 0.1) is 29.8 Å². The molecule has 6 nitrogen and oxygen atoms in total. The Kier molecular flexibility index (Phi) is 4.43. The largest absolute Gasteiger partial charge is 0.375 e. The van der Waals surface area contributed by atoms with Gasteiger partial charge in [0.1, 0.15) is 5.69 Å². The van der Waals surface area contributed by atoms with Crippen LogP contribution in [0, 0.1) is 0 Å². The first-order valence-electron chi connectivity index (χ1n) is 7.93. The van der Waals surface area contributed by atoms with E-state index < -0.39 is 0 Å². The van der Waals surface area contributed by atoms with Crippen LogP contribution in [-0.4, -0.2) is 46.1 Å². The normalized spacial score (nSPS) is 21.6. The Morgan fingerprint density at radius 2 is 2.17 bits per heavy atom. The van der Waals surface area contributed by atoms with E-state index in [0.717, 1.165) is 5.52 Å². The number of carbonyl (C=O) groups is 1. The summed E-state index contributed by atoms with van der Waals surface area (Å²) in [5.41, 5.74) is 1.64. The molecule has 3 rings (SSSR count). The van der Waals surface area contributed by atoms with Gasteiger partial charge < -0.3 is 14.6 Å². The number of aromatic amines is 1. The van der Waals surface area contributed by atoms with Crippen molar-refractivity contribution in [2.75, 3.05) is 13.2 Å². The molecule has 1 N–H and O–H groups in total. The minimum atomic E-state index is -0.222. The highest BCUT2D eigenvalue weighted by Crippen LogP contribution is 2.14. The van der Waals surface area contributed by atoms with Crippen molar-refractivity contribution in [2.45, 2.75) is 38.8 Å². The lowest BCUT2D eigenvalue weighted by atomic mass is 10.1. The van der Waals surface area contributed by atoms with E-state index in [1.54, 1.807) is 0 Å². The third kappa shape index (κ3) is 3.42. The Balaban J connectivity index is 1.71. The zero-order chi connectivity index (χ0) is 16.4. The monoisotopic (exact) mass is 315 g/mol. The molecule has 2 aromatic rings. The van der Waals surface area contributed by atoms with Gasteiger partial charge in [0.15, 0.2) is 0 Å². The van der Waals surface area contributed by atoms with E-state index in [-0.39, 0.29) is 30.0 Å². The molecule has 0 saturated carbocycles. The van der Waals surface area contributed by atoms with E-state index >= 15 is 0 Å². The molecule has 0 spiro atoms. The smallest absolute Gasteiger partial charge is 0.270 e. The first-order valence-corrected chi connectivity index (χ1v) is 7.93. The van der Waals surface area contributed by atoms with Gasteiger partial charge in [0.2, 0.25) is 5.91 Å². The SMILES string of the molecule is CC1CN(C(=O)CCc2nc3ccccc3[nH]c2=O)C(C)CO1. The summed E-state index contributed by atoms with van der Waals surface area (Å²) in [7, 11) is 0. The van der Waals surface area contributed by atoms with E-state index in [1.165, 1.54) is 0 Å². The quantitative estimate of drug-likeness (QED) is 0.931. The molecule has 1 amide bonds. The zero-order valence-electron chi connectivity index (χ0n) is 13.4. The maximum Gasteiger partial charge on any atom is 0.270 e. The average molecular weight is 315 g/mol. The number of benzene rings is 1. The number of para-hydroxylation sites is 2. The van der Waals surface area contributed by atoms with Crippen molar-refractivity contribution >= 4 is 16.9 Å². The van der Waals surface area contributed by atoms with Crippen LogP contribution in [0.1, 0.15) is 26.0 Å². The first-order chi connectivity index (χ1) is 11.0. The summed E-state index contributed by atoms with van der Waals surface area (Å²) in [4.78, 5) is 33.5. The fraction of sp³-hybridized carbons (Fsp3) is 0.471. The number of ether oxygens (including phenoxy) is 1. The average Bonchev–Trinajstić information content (AvgIpc) is 2.54. The fourth-order valence-electron chi connectivity index (χ4n) is 2.86. The number of H-pyrrole nitrogens is 1. The Hall–Kier alpha value is -2.21. The molecule has 0 aliphatic carbocycles. The third-order valence-electron chi connectivity index (χ3n) is 4.17. The third-order valence-corrected chi connectivity index (χ3v) is 4.17. The molecule has 2 unspecified atom stereocenters. The summed E-state index contributed by atoms with van der Waals surface area (Å²) >= 11 is 0. The molecule has 1 saturated heterocycles. The van der Waals surface area contributed by atoms with E-state index in [1.807, 2.05) is 43.0 Å². The van der Waals surface area contributed by atoms with Gasteiger partial charge in [-0.2, -0.15) is 0 Å². The summed E-state index contributed by atoms with van der Waals surface area (Å²) in [6.07, 6.45) is 0.681. The number of nitrogens with zero attached hydrogens (tertiary/aromatic N) is 2. The molecule has 0 bridgehead atoms. The number of nitrogens with one attached hydrogen (secondary N) is 1. The van der Waals surface area contributed by atoms with Gasteiger partial charge in [-0.05, 0) is 26.0 Å². The maximum atomic E-state index is 12.4. The number of hydrogen-bond donors (Lipinski definition) is 1. The number of morpholine rings is 1. The second kappa shape index (κ2) is 6.50. The molecule has 2 heterocycles. The molecule has 6 heteroatoms. The van der Waals surface area contributed by atoms with E-state index in [0.29, 0.717) is 30.8 Å². The van der Waals surface area contributed by atoms with Crippen LogP contribution < -0.4 is 5.56 Å². The molecule has 0 radical (unpaired) electrons. The van der Waals surface area contributed by atoms with Gasteiger partial charge in [0.25, 0.3) is 5.56 Å². The summed E-state index contributed by atoms with van der Waals surface area (Å²) in [6, 6.07) is 7.46. The van der Waals surface area contributed by atoms with Crippen LogP contribution in [0.2, 0.25) is 0 Å².